The predicted octanol–water partition coefficient (Wildman–Crippen LogP) is 2.04. The van der Waals surface area contributed by atoms with Gasteiger partial charge in [0.2, 0.25) is 5.88 Å². The van der Waals surface area contributed by atoms with Gasteiger partial charge in [0.15, 0.2) is 0 Å². The van der Waals surface area contributed by atoms with Crippen LogP contribution in [0, 0.1) is 0 Å². The number of para-hydroxylation sites is 2. The first kappa shape index (κ1) is 18.9. The van der Waals surface area contributed by atoms with Crippen molar-refractivity contribution in [2.45, 2.75) is 0 Å². The molecule has 142 valence electrons. The number of aromatic amines is 1. The van der Waals surface area contributed by atoms with Crippen molar-refractivity contribution in [3.05, 3.63) is 86.0 Å². The molecule has 0 aliphatic rings. The molecule has 4 N–H and O–H groups in total. The number of benzene rings is 2. The summed E-state index contributed by atoms with van der Waals surface area (Å²) in [5.74, 6) is -0.670. The normalized spacial score (nSPS) is 10.8. The number of rotatable bonds is 4. The summed E-state index contributed by atoms with van der Waals surface area (Å²) >= 11 is 6.06. The molecule has 0 aliphatic heterocycles. The third-order valence-corrected chi connectivity index (χ3v) is 3.93. The van der Waals surface area contributed by atoms with Gasteiger partial charge >= 0.3 is 11.7 Å². The molecule has 0 unspecified atom stereocenters. The molecule has 3 aromatic rings. The van der Waals surface area contributed by atoms with Gasteiger partial charge < -0.3 is 10.4 Å². The van der Waals surface area contributed by atoms with Gasteiger partial charge in [0.1, 0.15) is 5.56 Å². The third kappa shape index (κ3) is 4.10. The van der Waals surface area contributed by atoms with Crippen molar-refractivity contribution >= 4 is 29.5 Å². The van der Waals surface area contributed by atoms with Gasteiger partial charge in [-0.05, 0) is 24.3 Å². The Morgan fingerprint density at radius 1 is 1.11 bits per heavy atom. The van der Waals surface area contributed by atoms with Crippen LogP contribution in [0.5, 0.6) is 5.88 Å². The van der Waals surface area contributed by atoms with Gasteiger partial charge in [0, 0.05) is 5.69 Å². The lowest BCUT2D eigenvalue weighted by Gasteiger charge is -2.10. The van der Waals surface area contributed by atoms with Crippen LogP contribution in [0.25, 0.3) is 5.69 Å². The van der Waals surface area contributed by atoms with Gasteiger partial charge in [-0.2, -0.15) is 5.10 Å². The molecule has 10 heteroatoms. The lowest BCUT2D eigenvalue weighted by atomic mass is 10.3. The molecular weight excluding hydrogens is 386 g/mol. The van der Waals surface area contributed by atoms with Gasteiger partial charge in [0.05, 0.1) is 16.9 Å². The SMILES string of the molecule is O=C(NN=Cc1c(O)n(-c2ccccc2Cl)c(=O)[nH]c1=O)Nc1ccccc1. The number of nitrogens with one attached hydrogen (secondary N) is 3. The molecule has 0 aliphatic carbocycles. The quantitative estimate of drug-likeness (QED) is 0.395. The molecule has 0 spiro atoms. The number of carbonyl (C=O) groups excluding carboxylic acids is 1. The first-order valence-electron chi connectivity index (χ1n) is 7.95. The van der Waals surface area contributed by atoms with Crippen LogP contribution < -0.4 is 22.0 Å². The highest BCUT2D eigenvalue weighted by molar-refractivity contribution is 6.32. The fraction of sp³-hybridized carbons (Fsp3) is 0. The van der Waals surface area contributed by atoms with Crippen LogP contribution in [0.3, 0.4) is 0 Å². The number of anilines is 1. The summed E-state index contributed by atoms with van der Waals surface area (Å²) in [5, 5.41) is 16.7. The molecular formula is C18H14ClN5O4. The van der Waals surface area contributed by atoms with Crippen molar-refractivity contribution in [2.75, 3.05) is 5.32 Å². The van der Waals surface area contributed by atoms with Crippen molar-refractivity contribution in [3.63, 3.8) is 0 Å². The highest BCUT2D eigenvalue weighted by atomic mass is 35.5. The minimum absolute atomic E-state index is 0.173. The molecule has 2 amide bonds. The van der Waals surface area contributed by atoms with Gasteiger partial charge in [-0.3, -0.25) is 9.78 Å². The number of nitrogens with zero attached hydrogens (tertiary/aromatic N) is 2. The van der Waals surface area contributed by atoms with Gasteiger partial charge in [-0.15, -0.1) is 0 Å². The third-order valence-electron chi connectivity index (χ3n) is 3.61. The van der Waals surface area contributed by atoms with Crippen LogP contribution in [0.15, 0.2) is 69.3 Å². The van der Waals surface area contributed by atoms with E-state index in [4.69, 9.17) is 11.6 Å². The number of halogens is 1. The average Bonchev–Trinajstić information content (AvgIpc) is 2.66. The minimum Gasteiger partial charge on any atom is -0.493 e. The Labute approximate surface area is 162 Å². The molecule has 0 fully saturated rings. The second-order valence-corrected chi connectivity index (χ2v) is 5.88. The first-order chi connectivity index (χ1) is 13.5. The molecule has 1 heterocycles. The Bertz CT molecular complexity index is 1150. The summed E-state index contributed by atoms with van der Waals surface area (Å²) in [6, 6.07) is 14.3. The van der Waals surface area contributed by atoms with E-state index in [-0.39, 0.29) is 16.3 Å². The van der Waals surface area contributed by atoms with Crippen molar-refractivity contribution in [1.82, 2.24) is 15.0 Å². The van der Waals surface area contributed by atoms with E-state index in [0.717, 1.165) is 10.8 Å². The van der Waals surface area contributed by atoms with E-state index < -0.39 is 23.2 Å². The summed E-state index contributed by atoms with van der Waals surface area (Å²) in [6.07, 6.45) is 0.922. The van der Waals surface area contributed by atoms with E-state index in [1.807, 2.05) is 0 Å². The Morgan fingerprint density at radius 2 is 1.79 bits per heavy atom. The van der Waals surface area contributed by atoms with Crippen molar-refractivity contribution in [3.8, 4) is 11.6 Å². The Morgan fingerprint density at radius 3 is 2.50 bits per heavy atom. The Kier molecular flexibility index (Phi) is 5.56. The number of aromatic hydroxyl groups is 1. The molecule has 0 saturated carbocycles. The fourth-order valence-electron chi connectivity index (χ4n) is 2.35. The summed E-state index contributed by atoms with van der Waals surface area (Å²) in [7, 11) is 0. The summed E-state index contributed by atoms with van der Waals surface area (Å²) in [4.78, 5) is 38.0. The van der Waals surface area contributed by atoms with Gasteiger partial charge in [-0.25, -0.2) is 19.6 Å². The Hall–Kier alpha value is -3.85. The molecule has 9 nitrogen and oxygen atoms in total. The molecule has 0 atom stereocenters. The molecule has 0 radical (unpaired) electrons. The molecule has 28 heavy (non-hydrogen) atoms. The maximum absolute atomic E-state index is 12.1. The summed E-state index contributed by atoms with van der Waals surface area (Å²) in [5.41, 5.74) is 0.798. The summed E-state index contributed by atoms with van der Waals surface area (Å²) in [6.45, 7) is 0. The number of carbonyl (C=O) groups is 1. The van der Waals surface area contributed by atoms with Crippen molar-refractivity contribution < 1.29 is 9.90 Å². The van der Waals surface area contributed by atoms with Crippen LogP contribution >= 0.6 is 11.6 Å². The summed E-state index contributed by atoms with van der Waals surface area (Å²) < 4.78 is 0.828. The topological polar surface area (TPSA) is 129 Å². The van der Waals surface area contributed by atoms with Gasteiger partial charge in [-0.1, -0.05) is 41.9 Å². The van der Waals surface area contributed by atoms with Crippen molar-refractivity contribution in [2.24, 2.45) is 5.10 Å². The lowest BCUT2D eigenvalue weighted by molar-refractivity contribution is 0.252. The smallest absolute Gasteiger partial charge is 0.339 e. The van der Waals surface area contributed by atoms with E-state index >= 15 is 0 Å². The van der Waals surface area contributed by atoms with E-state index in [1.165, 1.54) is 12.1 Å². The number of amides is 2. The number of urea groups is 1. The van der Waals surface area contributed by atoms with Crippen LogP contribution in [-0.2, 0) is 0 Å². The number of hydrogen-bond donors (Lipinski definition) is 4. The molecule has 1 aromatic heterocycles. The molecule has 0 bridgehead atoms. The van der Waals surface area contributed by atoms with E-state index in [1.54, 1.807) is 42.5 Å². The van der Waals surface area contributed by atoms with Crippen molar-refractivity contribution in [1.29, 1.82) is 0 Å². The van der Waals surface area contributed by atoms with E-state index in [9.17, 15) is 19.5 Å². The standard InChI is InChI=1S/C18H14ClN5O4/c19-13-8-4-5-9-14(13)24-16(26)12(15(25)22-18(24)28)10-20-23-17(27)21-11-6-2-1-3-7-11/h1-10,26H,(H2,21,23,27)(H,22,25,28). The maximum Gasteiger partial charge on any atom is 0.339 e. The first-order valence-corrected chi connectivity index (χ1v) is 8.33. The zero-order valence-corrected chi connectivity index (χ0v) is 15.0. The van der Waals surface area contributed by atoms with E-state index in [0.29, 0.717) is 5.69 Å². The number of H-pyrrole nitrogens is 1. The minimum atomic E-state index is -0.875. The van der Waals surface area contributed by atoms with Crippen LogP contribution in [-0.4, -0.2) is 26.9 Å². The maximum atomic E-state index is 12.1. The predicted molar refractivity (Wildman–Crippen MR) is 106 cm³/mol. The second kappa shape index (κ2) is 8.23. The number of hydrazone groups is 1. The Balaban J connectivity index is 1.86. The molecule has 2 aromatic carbocycles. The average molecular weight is 400 g/mol. The highest BCUT2D eigenvalue weighted by Gasteiger charge is 2.16. The lowest BCUT2D eigenvalue weighted by Crippen LogP contribution is -2.32. The monoisotopic (exact) mass is 399 g/mol. The van der Waals surface area contributed by atoms with E-state index in [2.05, 4.69) is 20.8 Å². The zero-order chi connectivity index (χ0) is 20.1. The zero-order valence-electron chi connectivity index (χ0n) is 14.2. The van der Waals surface area contributed by atoms with Crippen LogP contribution in [0.4, 0.5) is 10.5 Å². The molecule has 0 saturated heterocycles. The second-order valence-electron chi connectivity index (χ2n) is 5.47. The molecule has 3 rings (SSSR count). The number of hydrogen-bond acceptors (Lipinski definition) is 5. The fourth-order valence-corrected chi connectivity index (χ4v) is 2.57. The highest BCUT2D eigenvalue weighted by Crippen LogP contribution is 2.22. The number of aromatic nitrogens is 2. The van der Waals surface area contributed by atoms with Crippen LogP contribution in [0.1, 0.15) is 5.56 Å². The van der Waals surface area contributed by atoms with Gasteiger partial charge in [0.25, 0.3) is 5.56 Å². The largest absolute Gasteiger partial charge is 0.493 e. The van der Waals surface area contributed by atoms with Crippen LogP contribution in [0.2, 0.25) is 5.02 Å².